The van der Waals surface area contributed by atoms with Crippen LogP contribution >= 0.6 is 0 Å². The van der Waals surface area contributed by atoms with Crippen LogP contribution in [0.25, 0.3) is 16.9 Å². The number of benzene rings is 2. The van der Waals surface area contributed by atoms with Crippen LogP contribution in [0.5, 0.6) is 0 Å². The number of hydrogen-bond acceptors (Lipinski definition) is 2. The first-order valence-corrected chi connectivity index (χ1v) is 20.7. The molecule has 5 heteroatoms. The van der Waals surface area contributed by atoms with Gasteiger partial charge in [0.1, 0.15) is 0 Å². The monoisotopic (exact) mass is 738 g/mol. The third kappa shape index (κ3) is 16.3. The van der Waals surface area contributed by atoms with Crippen molar-refractivity contribution in [2.45, 2.75) is 181 Å². The molecule has 284 valence electrons. The van der Waals surface area contributed by atoms with Crippen LogP contribution in [0.4, 0.5) is 0 Å². The largest absolute Gasteiger partial charge is 0.493 e. The summed E-state index contributed by atoms with van der Waals surface area (Å²) in [6.07, 6.45) is 30.8. The molecule has 0 aliphatic carbocycles. The van der Waals surface area contributed by atoms with Crippen molar-refractivity contribution in [3.8, 4) is 0 Å². The third-order valence-electron chi connectivity index (χ3n) is 10.3. The van der Waals surface area contributed by atoms with E-state index in [1.165, 1.54) is 107 Å². The normalized spacial score (nSPS) is 12.7. The fourth-order valence-corrected chi connectivity index (χ4v) is 7.17. The van der Waals surface area contributed by atoms with Gasteiger partial charge in [-0.05, 0) is 49.9 Å². The Labute approximate surface area is 321 Å². The maximum absolute atomic E-state index is 13.3. The molecule has 4 nitrogen and oxygen atoms in total. The van der Waals surface area contributed by atoms with Gasteiger partial charge in [0.2, 0.25) is 11.4 Å². The van der Waals surface area contributed by atoms with Crippen LogP contribution in [0.3, 0.4) is 0 Å². The molecule has 0 aromatic heterocycles. The standard InChI is InChI=1S/C46H68N2O2.Ni/c1-4-7-10-13-15-17-19-21-24-33-44(49)39-30-26-29-38(35-39)43-37-42(28-23-12-9-6-3)46(48(43)47)41-32-27-31-40(36-41)45(50)34-25-22-20-18-16-14-11-8-5-2;/h26-27,29-32,35-37H,4-25,28,33-34H2,1-3H3;. The van der Waals surface area contributed by atoms with Crippen molar-refractivity contribution in [3.63, 3.8) is 0 Å². The number of Topliss-reactive ketones (excluding diaryl/α,β-unsaturated/α-hetero) is 2. The van der Waals surface area contributed by atoms with Crippen molar-refractivity contribution < 1.29 is 30.8 Å². The van der Waals surface area contributed by atoms with E-state index in [9.17, 15) is 15.1 Å². The summed E-state index contributed by atoms with van der Waals surface area (Å²) in [6, 6.07) is 15.6. The van der Waals surface area contributed by atoms with Gasteiger partial charge >= 0.3 is 0 Å². The van der Waals surface area contributed by atoms with Crippen LogP contribution in [-0.2, 0) is 16.5 Å². The number of allylic oxidation sites excluding steroid dienone is 2. The van der Waals surface area contributed by atoms with Gasteiger partial charge in [-0.3, -0.25) is 9.59 Å². The molecule has 3 rings (SSSR count). The molecule has 0 unspecified atom stereocenters. The molecule has 1 heterocycles. The summed E-state index contributed by atoms with van der Waals surface area (Å²) in [7, 11) is 0. The number of carbonyl (C=O) groups is 2. The summed E-state index contributed by atoms with van der Waals surface area (Å²) < 4.78 is 1.29. The van der Waals surface area contributed by atoms with Crippen molar-refractivity contribution in [3.05, 3.63) is 88.0 Å². The van der Waals surface area contributed by atoms with E-state index in [2.05, 4.69) is 26.8 Å². The zero-order chi connectivity index (χ0) is 35.8. The second-order valence-corrected chi connectivity index (χ2v) is 14.7. The molecule has 0 fully saturated rings. The molecule has 1 aliphatic heterocycles. The van der Waals surface area contributed by atoms with Gasteiger partial charge in [-0.15, -0.1) is 0 Å². The smallest absolute Gasteiger partial charge is 0.210 e. The van der Waals surface area contributed by atoms with Gasteiger partial charge in [0.15, 0.2) is 11.6 Å². The minimum absolute atomic E-state index is 0. The number of ketones is 2. The Bertz CT molecular complexity index is 1390. The number of rotatable bonds is 29. The summed E-state index contributed by atoms with van der Waals surface area (Å²) in [5, 5.41) is 0. The van der Waals surface area contributed by atoms with Gasteiger partial charge in [-0.25, -0.2) is 4.70 Å². The Balaban J connectivity index is 0.00000901. The molecule has 0 atom stereocenters. The average Bonchev–Trinajstić information content (AvgIpc) is 3.47. The summed E-state index contributed by atoms with van der Waals surface area (Å²) in [5.41, 5.74) is 17.3. The number of hydrogen-bond donors (Lipinski definition) is 0. The molecule has 0 radical (unpaired) electrons. The van der Waals surface area contributed by atoms with E-state index >= 15 is 0 Å². The average molecular weight is 740 g/mol. The minimum Gasteiger partial charge on any atom is -0.493 e. The van der Waals surface area contributed by atoms with Crippen LogP contribution < -0.4 is 0 Å². The molecule has 2 aromatic rings. The molecule has 0 saturated heterocycles. The van der Waals surface area contributed by atoms with Crippen molar-refractivity contribution in [2.24, 2.45) is 0 Å². The Hall–Kier alpha value is -2.65. The molecule has 0 saturated carbocycles. The van der Waals surface area contributed by atoms with Gasteiger partial charge in [0.05, 0.1) is 0 Å². The molecule has 0 amide bonds. The van der Waals surface area contributed by atoms with Crippen molar-refractivity contribution in [2.75, 3.05) is 0 Å². The Morgan fingerprint density at radius 1 is 0.529 bits per heavy atom. The van der Waals surface area contributed by atoms with Crippen LogP contribution in [-0.4, -0.2) is 16.3 Å². The molecule has 51 heavy (non-hydrogen) atoms. The first kappa shape index (κ1) is 44.5. The predicted octanol–water partition coefficient (Wildman–Crippen LogP) is 14.7. The number of carbonyl (C=O) groups excluding carboxylic acids is 2. The maximum Gasteiger partial charge on any atom is 0.210 e. The summed E-state index contributed by atoms with van der Waals surface area (Å²) in [4.78, 5) is 26.4. The summed E-state index contributed by atoms with van der Waals surface area (Å²) in [6.45, 7) is 6.72. The van der Waals surface area contributed by atoms with Gasteiger partial charge in [-0.1, -0.05) is 167 Å². The van der Waals surface area contributed by atoms with Crippen molar-refractivity contribution in [1.29, 1.82) is 0 Å². The van der Waals surface area contributed by atoms with Crippen LogP contribution in [0.15, 0.2) is 60.2 Å². The quantitative estimate of drug-likeness (QED) is 0.0361. The van der Waals surface area contributed by atoms with Crippen LogP contribution in [0, 0.1) is 0 Å². The van der Waals surface area contributed by atoms with E-state index in [4.69, 9.17) is 0 Å². The van der Waals surface area contributed by atoms with Gasteiger partial charge in [0.25, 0.3) is 0 Å². The van der Waals surface area contributed by atoms with E-state index in [0.717, 1.165) is 67.3 Å². The molecule has 0 spiro atoms. The van der Waals surface area contributed by atoms with Gasteiger partial charge in [0, 0.05) is 63.2 Å². The van der Waals surface area contributed by atoms with E-state index in [-0.39, 0.29) is 28.1 Å². The van der Waals surface area contributed by atoms with E-state index in [1.807, 2.05) is 48.5 Å². The topological polar surface area (TPSA) is 59.5 Å². The molecule has 0 bridgehead atoms. The number of nitrogens with zero attached hydrogens (tertiary/aromatic N) is 2. The minimum atomic E-state index is 0. The molecular formula is C46H68N2NiO2. The Morgan fingerprint density at radius 3 is 1.39 bits per heavy atom. The molecule has 1 aliphatic rings. The van der Waals surface area contributed by atoms with E-state index in [0.29, 0.717) is 29.7 Å². The summed E-state index contributed by atoms with van der Waals surface area (Å²) >= 11 is 0. The first-order valence-electron chi connectivity index (χ1n) is 20.7. The molecule has 0 N–H and O–H groups in total. The van der Waals surface area contributed by atoms with Crippen molar-refractivity contribution in [1.82, 2.24) is 0 Å². The van der Waals surface area contributed by atoms with Gasteiger partial charge < -0.3 is 5.53 Å². The molecular weight excluding hydrogens is 671 g/mol. The third-order valence-corrected chi connectivity index (χ3v) is 10.3. The Morgan fingerprint density at radius 2 is 0.922 bits per heavy atom. The van der Waals surface area contributed by atoms with Crippen LogP contribution in [0.1, 0.15) is 213 Å². The maximum atomic E-state index is 13.3. The van der Waals surface area contributed by atoms with Crippen molar-refractivity contribution >= 4 is 23.0 Å². The zero-order valence-corrected chi connectivity index (χ0v) is 33.4. The molecule has 2 aromatic carbocycles. The SMILES string of the molecule is CCCCCCCCCCCC(=O)c1cccc(C2=CC(CCCCCC)=C(c3cccc(C(=O)CCCCCCCCCCC)c3)[N+]2=[N-])c1.[Ni]. The zero-order valence-electron chi connectivity index (χ0n) is 32.4. The number of unbranched alkanes of at least 4 members (excludes halogenated alkanes) is 19. The second-order valence-electron chi connectivity index (χ2n) is 14.7. The fraction of sp³-hybridized carbons (Fsp3) is 0.609. The van der Waals surface area contributed by atoms with E-state index in [1.54, 1.807) is 0 Å². The van der Waals surface area contributed by atoms with Gasteiger partial charge in [-0.2, -0.15) is 0 Å². The van der Waals surface area contributed by atoms with E-state index < -0.39 is 0 Å². The first-order chi connectivity index (χ1) is 24.5. The Kier molecular flexibility index (Phi) is 23.6. The summed E-state index contributed by atoms with van der Waals surface area (Å²) in [5.74, 6) is 0.345. The van der Waals surface area contributed by atoms with Crippen LogP contribution in [0.2, 0.25) is 0 Å². The predicted molar refractivity (Wildman–Crippen MR) is 213 cm³/mol. The fourth-order valence-electron chi connectivity index (χ4n) is 7.17. The second kappa shape index (κ2) is 27.0.